The highest BCUT2D eigenvalue weighted by molar-refractivity contribution is 7.53. The predicted octanol–water partition coefficient (Wildman–Crippen LogP) is 4.98. The van der Waals surface area contributed by atoms with Crippen LogP contribution in [0.4, 0.5) is 0 Å². The molecule has 0 bridgehead atoms. The minimum atomic E-state index is -4.54. The molecule has 0 spiro atoms. The lowest BCUT2D eigenvalue weighted by molar-refractivity contribution is 0.0975. The topological polar surface area (TPSA) is 77.8 Å². The van der Waals surface area contributed by atoms with Gasteiger partial charge in [0.25, 0.3) is 0 Å². The van der Waals surface area contributed by atoms with Crippen molar-refractivity contribution in [2.24, 2.45) is 10.8 Å². The molecule has 3 N–H and O–H groups in total. The third-order valence-corrected chi connectivity index (χ3v) is 7.57. The molecule has 0 unspecified atom stereocenters. The van der Waals surface area contributed by atoms with E-state index in [9.17, 15) is 19.5 Å². The number of phenolic OH excluding ortho intramolecular Hbond substituents is 1. The molecule has 0 radical (unpaired) electrons. The molecule has 0 saturated carbocycles. The van der Waals surface area contributed by atoms with E-state index < -0.39 is 23.6 Å². The molecule has 138 valence electrons. The van der Waals surface area contributed by atoms with Gasteiger partial charge in [-0.15, -0.1) is 0 Å². The van der Waals surface area contributed by atoms with E-state index in [4.69, 9.17) is 0 Å². The largest absolute Gasteiger partial charge is 0.508 e. The van der Waals surface area contributed by atoms with Gasteiger partial charge in [0.05, 0.1) is 0 Å². The first-order valence-corrected chi connectivity index (χ1v) is 10.2. The third-order valence-electron chi connectivity index (χ3n) is 5.11. The van der Waals surface area contributed by atoms with Crippen molar-refractivity contribution < 1.29 is 19.5 Å². The van der Waals surface area contributed by atoms with Gasteiger partial charge in [-0.1, -0.05) is 61.5 Å². The fourth-order valence-corrected chi connectivity index (χ4v) is 7.05. The Labute approximate surface area is 146 Å². The summed E-state index contributed by atoms with van der Waals surface area (Å²) in [7, 11) is -4.54. The van der Waals surface area contributed by atoms with E-state index in [2.05, 4.69) is 0 Å². The minimum Gasteiger partial charge on any atom is -0.508 e. The highest BCUT2D eigenvalue weighted by Crippen LogP contribution is 2.72. The smallest absolute Gasteiger partial charge is 0.337 e. The van der Waals surface area contributed by atoms with Gasteiger partial charge in [0.15, 0.2) is 0 Å². The first-order chi connectivity index (χ1) is 10.7. The van der Waals surface area contributed by atoms with Crippen molar-refractivity contribution in [3.63, 3.8) is 0 Å². The zero-order valence-electron chi connectivity index (χ0n) is 16.3. The molecule has 0 aliphatic rings. The number of hydrogen-bond acceptors (Lipinski definition) is 2. The van der Waals surface area contributed by atoms with Gasteiger partial charge >= 0.3 is 7.60 Å². The van der Waals surface area contributed by atoms with Crippen LogP contribution < -0.4 is 0 Å². The zero-order valence-corrected chi connectivity index (χ0v) is 17.2. The SMILES string of the molecule is CCc1c(O)ccc(C(C(C)(C)C)(C(C)(C)C)P(=O)(O)O)c1CC. The Morgan fingerprint density at radius 1 is 0.875 bits per heavy atom. The predicted molar refractivity (Wildman–Crippen MR) is 99.5 cm³/mol. The fraction of sp³-hybridized carbons (Fsp3) is 0.684. The van der Waals surface area contributed by atoms with Crippen molar-refractivity contribution in [2.75, 3.05) is 0 Å². The molecule has 1 aromatic carbocycles. The van der Waals surface area contributed by atoms with Gasteiger partial charge in [-0.3, -0.25) is 4.57 Å². The lowest BCUT2D eigenvalue weighted by Crippen LogP contribution is -2.50. The standard InChI is InChI=1S/C19H33O4P/c1-9-13-14(10-2)16(20)12-11-15(13)19(17(3,4)5,18(6,7)8)24(21,22)23/h11-12,20H,9-10H2,1-8H3,(H2,21,22,23). The molecule has 4 nitrogen and oxygen atoms in total. The second-order valence-electron chi connectivity index (χ2n) is 8.55. The maximum absolute atomic E-state index is 12.9. The normalized spacial score (nSPS) is 14.1. The molecule has 0 aromatic heterocycles. The number of hydrogen-bond donors (Lipinski definition) is 3. The highest BCUT2D eigenvalue weighted by Gasteiger charge is 2.63. The minimum absolute atomic E-state index is 0.195. The molecule has 0 amide bonds. The summed E-state index contributed by atoms with van der Waals surface area (Å²) >= 11 is 0. The fourth-order valence-electron chi connectivity index (χ4n) is 4.78. The first kappa shape index (κ1) is 21.2. The van der Waals surface area contributed by atoms with Crippen LogP contribution in [-0.2, 0) is 22.6 Å². The Hall–Kier alpha value is -0.830. The molecule has 1 rings (SSSR count). The molecular formula is C19H33O4P. The van der Waals surface area contributed by atoms with Gasteiger partial charge in [-0.05, 0) is 46.4 Å². The van der Waals surface area contributed by atoms with Crippen LogP contribution in [0.1, 0.15) is 72.1 Å². The maximum atomic E-state index is 12.9. The Morgan fingerprint density at radius 3 is 1.58 bits per heavy atom. The number of phenols is 1. The van der Waals surface area contributed by atoms with Gasteiger partial charge < -0.3 is 14.9 Å². The summed E-state index contributed by atoms with van der Waals surface area (Å²) in [6, 6.07) is 3.29. The summed E-state index contributed by atoms with van der Waals surface area (Å²) < 4.78 is 12.9. The molecule has 0 aliphatic carbocycles. The molecule has 0 saturated heterocycles. The van der Waals surface area contributed by atoms with Crippen LogP contribution in [-0.4, -0.2) is 14.9 Å². The van der Waals surface area contributed by atoms with Gasteiger partial charge in [-0.25, -0.2) is 0 Å². The molecule has 0 fully saturated rings. The second-order valence-corrected chi connectivity index (χ2v) is 10.3. The highest BCUT2D eigenvalue weighted by atomic mass is 31.2. The molecule has 24 heavy (non-hydrogen) atoms. The van der Waals surface area contributed by atoms with Crippen molar-refractivity contribution >= 4 is 7.60 Å². The molecule has 0 atom stereocenters. The van der Waals surface area contributed by atoms with Crippen molar-refractivity contribution in [3.8, 4) is 5.75 Å². The number of rotatable bonds is 4. The van der Waals surface area contributed by atoms with E-state index in [-0.39, 0.29) is 5.75 Å². The summed E-state index contributed by atoms with van der Waals surface area (Å²) in [5, 5.41) is 8.86. The lowest BCUT2D eigenvalue weighted by Gasteiger charge is -2.54. The van der Waals surface area contributed by atoms with Crippen LogP contribution >= 0.6 is 7.60 Å². The Kier molecular flexibility index (Phi) is 5.72. The van der Waals surface area contributed by atoms with Gasteiger partial charge in [0.1, 0.15) is 10.9 Å². The van der Waals surface area contributed by atoms with Crippen molar-refractivity contribution in [3.05, 3.63) is 28.8 Å². The summed E-state index contributed by atoms with van der Waals surface area (Å²) in [6.45, 7) is 15.2. The first-order valence-electron chi connectivity index (χ1n) is 8.56. The van der Waals surface area contributed by atoms with Gasteiger partial charge in [0.2, 0.25) is 0 Å². The Bertz CT molecular complexity index is 631. The van der Waals surface area contributed by atoms with E-state index in [0.717, 1.165) is 11.1 Å². The molecule has 0 aliphatic heterocycles. The average molecular weight is 356 g/mol. The monoisotopic (exact) mass is 356 g/mol. The van der Waals surface area contributed by atoms with Crippen molar-refractivity contribution in [2.45, 2.75) is 73.4 Å². The number of aromatic hydroxyl groups is 1. The van der Waals surface area contributed by atoms with Gasteiger partial charge in [0, 0.05) is 0 Å². The van der Waals surface area contributed by atoms with E-state index in [0.29, 0.717) is 18.4 Å². The molecule has 1 aromatic rings. The molecule has 5 heteroatoms. The average Bonchev–Trinajstić information content (AvgIpc) is 2.35. The Morgan fingerprint density at radius 2 is 1.29 bits per heavy atom. The quantitative estimate of drug-likeness (QED) is 0.665. The molecule has 0 heterocycles. The van der Waals surface area contributed by atoms with E-state index >= 15 is 0 Å². The van der Waals surface area contributed by atoms with Crippen LogP contribution in [0, 0.1) is 10.8 Å². The van der Waals surface area contributed by atoms with Crippen LogP contribution in [0.3, 0.4) is 0 Å². The van der Waals surface area contributed by atoms with Crippen LogP contribution in [0.5, 0.6) is 5.75 Å². The van der Waals surface area contributed by atoms with Crippen molar-refractivity contribution in [1.29, 1.82) is 0 Å². The second kappa shape index (κ2) is 6.48. The summed E-state index contributed by atoms with van der Waals surface area (Å²) in [4.78, 5) is 21.1. The van der Waals surface area contributed by atoms with Crippen LogP contribution in [0.25, 0.3) is 0 Å². The zero-order chi connectivity index (χ0) is 19.1. The summed E-state index contributed by atoms with van der Waals surface area (Å²) in [5.74, 6) is 0.195. The lowest BCUT2D eigenvalue weighted by atomic mass is 9.61. The number of benzene rings is 1. The van der Waals surface area contributed by atoms with Crippen LogP contribution in [0.2, 0.25) is 0 Å². The van der Waals surface area contributed by atoms with Crippen LogP contribution in [0.15, 0.2) is 12.1 Å². The van der Waals surface area contributed by atoms with E-state index in [1.807, 2.05) is 55.4 Å². The van der Waals surface area contributed by atoms with Crippen molar-refractivity contribution in [1.82, 2.24) is 0 Å². The Balaban J connectivity index is 4.14. The van der Waals surface area contributed by atoms with E-state index in [1.165, 1.54) is 0 Å². The summed E-state index contributed by atoms with van der Waals surface area (Å²) in [6.07, 6.45) is 1.23. The summed E-state index contributed by atoms with van der Waals surface area (Å²) in [5.41, 5.74) is 0.923. The molecular weight excluding hydrogens is 323 g/mol. The maximum Gasteiger partial charge on any atom is 0.337 e. The van der Waals surface area contributed by atoms with Gasteiger partial charge in [-0.2, -0.15) is 0 Å². The van der Waals surface area contributed by atoms with E-state index in [1.54, 1.807) is 12.1 Å². The third kappa shape index (κ3) is 3.05.